The summed E-state index contributed by atoms with van der Waals surface area (Å²) < 4.78 is 0. The molecule has 1 aromatic heterocycles. The number of hydrogen-bond acceptors (Lipinski definition) is 5. The summed E-state index contributed by atoms with van der Waals surface area (Å²) in [6.45, 7) is 3.77. The maximum absolute atomic E-state index is 5.81. The molecule has 0 saturated carbocycles. The first kappa shape index (κ1) is 9.76. The van der Waals surface area contributed by atoms with Gasteiger partial charge in [-0.1, -0.05) is 11.6 Å². The van der Waals surface area contributed by atoms with E-state index in [0.29, 0.717) is 0 Å². The second-order valence-corrected chi connectivity index (χ2v) is 4.78. The molecular formula is C9H14N4S. The van der Waals surface area contributed by atoms with E-state index in [1.807, 2.05) is 6.92 Å². The summed E-state index contributed by atoms with van der Waals surface area (Å²) in [7, 11) is 0. The van der Waals surface area contributed by atoms with Gasteiger partial charge >= 0.3 is 0 Å². The molecule has 4 nitrogen and oxygen atoms in total. The zero-order chi connectivity index (χ0) is 9.97. The number of aromatic nitrogens is 2. The minimum absolute atomic E-state index is 0.146. The van der Waals surface area contributed by atoms with Crippen LogP contribution in [-0.2, 0) is 6.42 Å². The summed E-state index contributed by atoms with van der Waals surface area (Å²) >= 11 is 1.65. The Labute approximate surface area is 87.2 Å². The predicted molar refractivity (Wildman–Crippen MR) is 57.3 cm³/mol. The first-order valence-corrected chi connectivity index (χ1v) is 5.50. The van der Waals surface area contributed by atoms with E-state index in [9.17, 15) is 0 Å². The smallest absolute Gasteiger partial charge is 0.121 e. The van der Waals surface area contributed by atoms with Gasteiger partial charge in [0, 0.05) is 25.6 Å². The Morgan fingerprint density at radius 2 is 2.50 bits per heavy atom. The lowest BCUT2D eigenvalue weighted by Gasteiger charge is -2.18. The Kier molecular flexibility index (Phi) is 2.90. The summed E-state index contributed by atoms with van der Waals surface area (Å²) in [5.74, 6) is 0. The van der Waals surface area contributed by atoms with Crippen molar-refractivity contribution in [2.45, 2.75) is 19.4 Å². The zero-order valence-corrected chi connectivity index (χ0v) is 8.97. The van der Waals surface area contributed by atoms with Crippen molar-refractivity contribution in [3.8, 4) is 0 Å². The van der Waals surface area contributed by atoms with E-state index >= 15 is 0 Å². The van der Waals surface area contributed by atoms with Crippen molar-refractivity contribution >= 4 is 11.3 Å². The maximum atomic E-state index is 5.81. The molecular weight excluding hydrogens is 196 g/mol. The molecule has 1 aliphatic heterocycles. The molecule has 0 radical (unpaired) electrons. The summed E-state index contributed by atoms with van der Waals surface area (Å²) in [6.07, 6.45) is 3.01. The van der Waals surface area contributed by atoms with Gasteiger partial charge in [-0.15, -0.1) is 21.5 Å². The van der Waals surface area contributed by atoms with Crippen LogP contribution in [0.5, 0.6) is 0 Å². The van der Waals surface area contributed by atoms with Crippen LogP contribution in [0.3, 0.4) is 0 Å². The number of nitrogens with one attached hydrogen (secondary N) is 1. The fraction of sp³-hybridized carbons (Fsp3) is 0.556. The van der Waals surface area contributed by atoms with Crippen molar-refractivity contribution < 1.29 is 0 Å². The average Bonchev–Trinajstić information content (AvgIpc) is 2.51. The minimum atomic E-state index is 0.146. The van der Waals surface area contributed by atoms with Crippen LogP contribution in [0.2, 0.25) is 0 Å². The third kappa shape index (κ3) is 2.37. The third-order valence-electron chi connectivity index (χ3n) is 2.13. The molecule has 1 aliphatic rings. The normalized spacial score (nSPS) is 22.1. The van der Waals surface area contributed by atoms with Gasteiger partial charge in [-0.2, -0.15) is 0 Å². The molecule has 14 heavy (non-hydrogen) atoms. The molecule has 0 saturated heterocycles. The second-order valence-electron chi connectivity index (χ2n) is 3.51. The first-order valence-electron chi connectivity index (χ1n) is 4.69. The summed E-state index contributed by atoms with van der Waals surface area (Å²) in [5, 5.41) is 13.5. The van der Waals surface area contributed by atoms with Gasteiger partial charge in [0.15, 0.2) is 0 Å². The van der Waals surface area contributed by atoms with Crippen LogP contribution in [0, 0.1) is 6.92 Å². The van der Waals surface area contributed by atoms with Gasteiger partial charge in [0.05, 0.1) is 0 Å². The largest absolute Gasteiger partial charge is 0.323 e. The average molecular weight is 210 g/mol. The lowest BCUT2D eigenvalue weighted by molar-refractivity contribution is 0.626. The molecule has 0 aliphatic carbocycles. The molecule has 0 bridgehead atoms. The number of rotatable bonds is 2. The van der Waals surface area contributed by atoms with Crippen molar-refractivity contribution in [3.63, 3.8) is 0 Å². The molecule has 0 amide bonds. The maximum Gasteiger partial charge on any atom is 0.121 e. The van der Waals surface area contributed by atoms with Crippen LogP contribution in [0.15, 0.2) is 11.6 Å². The monoisotopic (exact) mass is 210 g/mol. The molecule has 1 unspecified atom stereocenters. The Morgan fingerprint density at radius 1 is 1.64 bits per heavy atom. The number of aryl methyl sites for hydroxylation is 1. The minimum Gasteiger partial charge on any atom is -0.323 e. The molecule has 2 heterocycles. The van der Waals surface area contributed by atoms with Gasteiger partial charge in [0.25, 0.3) is 0 Å². The van der Waals surface area contributed by atoms with Crippen molar-refractivity contribution in [2.24, 2.45) is 5.73 Å². The fourth-order valence-electron chi connectivity index (χ4n) is 1.54. The lowest BCUT2D eigenvalue weighted by Crippen LogP contribution is -2.38. The van der Waals surface area contributed by atoms with Crippen LogP contribution >= 0.6 is 11.3 Å². The van der Waals surface area contributed by atoms with Crippen LogP contribution in [0.4, 0.5) is 0 Å². The van der Waals surface area contributed by atoms with Crippen molar-refractivity contribution in [3.05, 3.63) is 21.7 Å². The van der Waals surface area contributed by atoms with Crippen LogP contribution in [-0.4, -0.2) is 29.3 Å². The standard InChI is InChI=1S/C9H14N4S/c1-6-12-13-9(14-6)3-7-2-8(10)5-11-4-7/h2,8,11H,3-5,10H2,1H3. The molecule has 76 valence electrons. The number of hydrogen-bond donors (Lipinski definition) is 2. The van der Waals surface area contributed by atoms with Crippen LogP contribution in [0.1, 0.15) is 10.0 Å². The van der Waals surface area contributed by atoms with Gasteiger partial charge < -0.3 is 11.1 Å². The Balaban J connectivity index is 2.03. The van der Waals surface area contributed by atoms with Crippen LogP contribution < -0.4 is 11.1 Å². The SMILES string of the molecule is Cc1nnc(CC2=CC(N)CNC2)s1. The van der Waals surface area contributed by atoms with Crippen molar-refractivity contribution in [1.82, 2.24) is 15.5 Å². The summed E-state index contributed by atoms with van der Waals surface area (Å²) in [6, 6.07) is 0.146. The van der Waals surface area contributed by atoms with Crippen LogP contribution in [0.25, 0.3) is 0 Å². The molecule has 1 atom stereocenters. The van der Waals surface area contributed by atoms with E-state index < -0.39 is 0 Å². The van der Waals surface area contributed by atoms with Gasteiger partial charge in [0.2, 0.25) is 0 Å². The highest BCUT2D eigenvalue weighted by Crippen LogP contribution is 2.14. The molecule has 3 N–H and O–H groups in total. The highest BCUT2D eigenvalue weighted by Gasteiger charge is 2.11. The third-order valence-corrected chi connectivity index (χ3v) is 2.97. The quantitative estimate of drug-likeness (QED) is 0.687. The zero-order valence-electron chi connectivity index (χ0n) is 8.16. The van der Waals surface area contributed by atoms with Gasteiger partial charge in [-0.3, -0.25) is 0 Å². The highest BCUT2D eigenvalue weighted by atomic mass is 32.1. The molecule has 0 spiro atoms. The van der Waals surface area contributed by atoms with Crippen molar-refractivity contribution in [1.29, 1.82) is 0 Å². The molecule has 2 rings (SSSR count). The van der Waals surface area contributed by atoms with Gasteiger partial charge in [-0.05, 0) is 6.92 Å². The van der Waals surface area contributed by atoms with E-state index in [0.717, 1.165) is 29.5 Å². The topological polar surface area (TPSA) is 63.8 Å². The Bertz CT molecular complexity index is 344. The van der Waals surface area contributed by atoms with E-state index in [2.05, 4.69) is 21.6 Å². The Morgan fingerprint density at radius 3 is 3.14 bits per heavy atom. The number of nitrogens with two attached hydrogens (primary N) is 1. The van der Waals surface area contributed by atoms with Gasteiger partial charge in [-0.25, -0.2) is 0 Å². The fourth-order valence-corrected chi connectivity index (χ4v) is 2.31. The van der Waals surface area contributed by atoms with Gasteiger partial charge in [0.1, 0.15) is 10.0 Å². The first-order chi connectivity index (χ1) is 6.74. The summed E-state index contributed by atoms with van der Waals surface area (Å²) in [4.78, 5) is 0. The number of nitrogens with zero attached hydrogens (tertiary/aromatic N) is 2. The van der Waals surface area contributed by atoms with E-state index in [4.69, 9.17) is 5.73 Å². The molecule has 0 aromatic carbocycles. The second kappa shape index (κ2) is 4.16. The molecule has 1 aromatic rings. The molecule has 0 fully saturated rings. The Hall–Kier alpha value is -0.780. The van der Waals surface area contributed by atoms with E-state index in [-0.39, 0.29) is 6.04 Å². The molecule has 5 heteroatoms. The lowest BCUT2D eigenvalue weighted by atomic mass is 10.1. The predicted octanol–water partition coefficient (Wildman–Crippen LogP) is 0.246. The summed E-state index contributed by atoms with van der Waals surface area (Å²) in [5.41, 5.74) is 7.13. The van der Waals surface area contributed by atoms with E-state index in [1.165, 1.54) is 5.57 Å². The highest BCUT2D eigenvalue weighted by molar-refractivity contribution is 7.11. The van der Waals surface area contributed by atoms with E-state index in [1.54, 1.807) is 11.3 Å². The van der Waals surface area contributed by atoms with Crippen molar-refractivity contribution in [2.75, 3.05) is 13.1 Å².